The van der Waals surface area contributed by atoms with E-state index in [1.54, 1.807) is 12.3 Å². The number of hydrogen-bond acceptors (Lipinski definition) is 6. The molecular weight excluding hydrogens is 206 g/mol. The highest BCUT2D eigenvalue weighted by molar-refractivity contribution is 5.43. The molecule has 0 aliphatic carbocycles. The Morgan fingerprint density at radius 3 is 2.94 bits per heavy atom. The van der Waals surface area contributed by atoms with E-state index in [1.807, 2.05) is 6.92 Å². The maximum atomic E-state index is 5.52. The molecule has 0 amide bonds. The van der Waals surface area contributed by atoms with E-state index in [9.17, 15) is 0 Å². The van der Waals surface area contributed by atoms with Crippen LogP contribution in [0.2, 0.25) is 0 Å². The molecule has 2 aromatic heterocycles. The Morgan fingerprint density at radius 1 is 1.38 bits per heavy atom. The third kappa shape index (κ3) is 2.47. The fourth-order valence-electron chi connectivity index (χ4n) is 1.23. The van der Waals surface area contributed by atoms with Gasteiger partial charge < -0.3 is 15.5 Å². The summed E-state index contributed by atoms with van der Waals surface area (Å²) in [5.41, 5.74) is 5.52. The zero-order valence-corrected chi connectivity index (χ0v) is 8.97. The molecule has 0 spiro atoms. The van der Waals surface area contributed by atoms with Gasteiger partial charge in [0.2, 0.25) is 5.89 Å². The van der Waals surface area contributed by atoms with Crippen molar-refractivity contribution in [3.63, 3.8) is 0 Å². The highest BCUT2D eigenvalue weighted by Gasteiger charge is 2.02. The molecule has 2 aromatic rings. The smallest absolute Gasteiger partial charge is 0.213 e. The van der Waals surface area contributed by atoms with Gasteiger partial charge in [-0.15, -0.1) is 0 Å². The summed E-state index contributed by atoms with van der Waals surface area (Å²) in [7, 11) is 0. The molecule has 3 N–H and O–H groups in total. The van der Waals surface area contributed by atoms with Crippen LogP contribution in [0.25, 0.3) is 0 Å². The highest BCUT2D eigenvalue weighted by Crippen LogP contribution is 2.08. The number of rotatable bonds is 4. The standard InChI is InChI=1S/C10H13N5O/c1-2-7-4-13-10(16-7)5-12-9-3-8(11)14-6-15-9/h3-4,6H,2,5H2,1H3,(H3,11,12,14,15). The monoisotopic (exact) mass is 219 g/mol. The van der Waals surface area contributed by atoms with Crippen LogP contribution in [-0.2, 0) is 13.0 Å². The van der Waals surface area contributed by atoms with Gasteiger partial charge >= 0.3 is 0 Å². The summed E-state index contributed by atoms with van der Waals surface area (Å²) in [5.74, 6) is 2.59. The molecule has 0 fully saturated rings. The molecule has 0 aliphatic heterocycles. The van der Waals surface area contributed by atoms with Crippen molar-refractivity contribution in [2.24, 2.45) is 0 Å². The third-order valence-electron chi connectivity index (χ3n) is 2.06. The van der Waals surface area contributed by atoms with Crippen LogP contribution < -0.4 is 11.1 Å². The second-order valence-corrected chi connectivity index (χ2v) is 3.26. The normalized spacial score (nSPS) is 10.3. The molecule has 0 radical (unpaired) electrons. The molecular formula is C10H13N5O. The Kier molecular flexibility index (Phi) is 3.00. The van der Waals surface area contributed by atoms with Crippen LogP contribution in [0.15, 0.2) is 23.0 Å². The quantitative estimate of drug-likeness (QED) is 0.803. The molecule has 6 nitrogen and oxygen atoms in total. The molecule has 0 saturated carbocycles. The lowest BCUT2D eigenvalue weighted by molar-refractivity contribution is 0.465. The summed E-state index contributed by atoms with van der Waals surface area (Å²) in [4.78, 5) is 11.9. The van der Waals surface area contributed by atoms with Crippen LogP contribution in [0.5, 0.6) is 0 Å². The summed E-state index contributed by atoms with van der Waals surface area (Å²) in [6.07, 6.45) is 3.98. The molecule has 0 aliphatic rings. The summed E-state index contributed by atoms with van der Waals surface area (Å²) < 4.78 is 5.44. The van der Waals surface area contributed by atoms with Crippen molar-refractivity contribution in [1.29, 1.82) is 0 Å². The van der Waals surface area contributed by atoms with Crippen LogP contribution in [0.1, 0.15) is 18.6 Å². The number of nitrogen functional groups attached to an aromatic ring is 1. The first-order valence-electron chi connectivity index (χ1n) is 5.03. The van der Waals surface area contributed by atoms with Crippen LogP contribution in [-0.4, -0.2) is 15.0 Å². The molecule has 16 heavy (non-hydrogen) atoms. The molecule has 0 atom stereocenters. The summed E-state index contributed by atoms with van der Waals surface area (Å²) >= 11 is 0. The Bertz CT molecular complexity index is 468. The van der Waals surface area contributed by atoms with E-state index in [0.29, 0.717) is 24.1 Å². The van der Waals surface area contributed by atoms with E-state index in [-0.39, 0.29) is 0 Å². The predicted molar refractivity (Wildman–Crippen MR) is 59.7 cm³/mol. The minimum atomic E-state index is 0.430. The Balaban J connectivity index is 1.96. The van der Waals surface area contributed by atoms with Gasteiger partial charge in [0.15, 0.2) is 0 Å². The predicted octanol–water partition coefficient (Wildman–Crippen LogP) is 1.22. The molecule has 84 valence electrons. The van der Waals surface area contributed by atoms with Crippen molar-refractivity contribution in [3.05, 3.63) is 30.2 Å². The number of aryl methyl sites for hydroxylation is 1. The number of anilines is 2. The largest absolute Gasteiger partial charge is 0.444 e. The summed E-state index contributed by atoms with van der Waals surface area (Å²) in [5, 5.41) is 3.05. The first kappa shape index (κ1) is 10.4. The van der Waals surface area contributed by atoms with Gasteiger partial charge in [-0.2, -0.15) is 0 Å². The Hall–Kier alpha value is -2.11. The van der Waals surface area contributed by atoms with E-state index >= 15 is 0 Å². The lowest BCUT2D eigenvalue weighted by atomic mass is 10.4. The van der Waals surface area contributed by atoms with E-state index in [0.717, 1.165) is 12.2 Å². The lowest BCUT2D eigenvalue weighted by Crippen LogP contribution is -2.02. The number of oxazole rings is 1. The van der Waals surface area contributed by atoms with Gasteiger partial charge in [0.25, 0.3) is 0 Å². The number of hydrogen-bond donors (Lipinski definition) is 2. The molecule has 0 aromatic carbocycles. The SMILES string of the molecule is CCc1cnc(CNc2cc(N)ncn2)o1. The van der Waals surface area contributed by atoms with Gasteiger partial charge in [-0.05, 0) is 0 Å². The minimum absolute atomic E-state index is 0.430. The van der Waals surface area contributed by atoms with Crippen molar-refractivity contribution in [3.8, 4) is 0 Å². The van der Waals surface area contributed by atoms with Gasteiger partial charge in [-0.1, -0.05) is 6.92 Å². The number of nitrogens with two attached hydrogens (primary N) is 1. The number of aromatic nitrogens is 3. The van der Waals surface area contributed by atoms with Gasteiger partial charge in [0, 0.05) is 12.5 Å². The van der Waals surface area contributed by atoms with E-state index in [1.165, 1.54) is 6.33 Å². The first-order valence-corrected chi connectivity index (χ1v) is 5.03. The molecule has 6 heteroatoms. The number of nitrogens with one attached hydrogen (secondary N) is 1. The second kappa shape index (κ2) is 4.61. The third-order valence-corrected chi connectivity index (χ3v) is 2.06. The van der Waals surface area contributed by atoms with Crippen LogP contribution in [0.3, 0.4) is 0 Å². The Labute approximate surface area is 92.9 Å². The van der Waals surface area contributed by atoms with Crippen LogP contribution in [0.4, 0.5) is 11.6 Å². The average Bonchev–Trinajstić information content (AvgIpc) is 2.74. The minimum Gasteiger partial charge on any atom is -0.444 e. The van der Waals surface area contributed by atoms with E-state index in [4.69, 9.17) is 10.2 Å². The zero-order valence-electron chi connectivity index (χ0n) is 8.97. The van der Waals surface area contributed by atoms with Crippen LogP contribution >= 0.6 is 0 Å². The Morgan fingerprint density at radius 2 is 2.25 bits per heavy atom. The summed E-state index contributed by atoms with van der Waals surface area (Å²) in [6.45, 7) is 2.50. The van der Waals surface area contributed by atoms with E-state index < -0.39 is 0 Å². The first-order chi connectivity index (χ1) is 7.78. The average molecular weight is 219 g/mol. The van der Waals surface area contributed by atoms with E-state index in [2.05, 4.69) is 20.3 Å². The second-order valence-electron chi connectivity index (χ2n) is 3.26. The molecule has 0 bridgehead atoms. The van der Waals surface area contributed by atoms with Crippen molar-refractivity contribution in [2.45, 2.75) is 19.9 Å². The van der Waals surface area contributed by atoms with Gasteiger partial charge in [-0.3, -0.25) is 0 Å². The van der Waals surface area contributed by atoms with Crippen molar-refractivity contribution in [1.82, 2.24) is 15.0 Å². The van der Waals surface area contributed by atoms with Gasteiger partial charge in [0.05, 0.1) is 12.7 Å². The fourth-order valence-corrected chi connectivity index (χ4v) is 1.23. The zero-order chi connectivity index (χ0) is 11.4. The van der Waals surface area contributed by atoms with Crippen LogP contribution in [0, 0.1) is 0 Å². The topological polar surface area (TPSA) is 89.9 Å². The lowest BCUT2D eigenvalue weighted by Gasteiger charge is -2.02. The van der Waals surface area contributed by atoms with Gasteiger partial charge in [0.1, 0.15) is 23.7 Å². The molecule has 2 rings (SSSR count). The summed E-state index contributed by atoms with van der Waals surface area (Å²) in [6, 6.07) is 1.66. The molecule has 0 unspecified atom stereocenters. The molecule has 0 saturated heterocycles. The maximum Gasteiger partial charge on any atom is 0.213 e. The molecule has 2 heterocycles. The number of nitrogens with zero attached hydrogens (tertiary/aromatic N) is 3. The van der Waals surface area contributed by atoms with Gasteiger partial charge in [-0.25, -0.2) is 15.0 Å². The van der Waals surface area contributed by atoms with Crippen molar-refractivity contribution >= 4 is 11.6 Å². The fraction of sp³-hybridized carbons (Fsp3) is 0.300. The van der Waals surface area contributed by atoms with Crippen molar-refractivity contribution < 1.29 is 4.42 Å². The van der Waals surface area contributed by atoms with Crippen molar-refractivity contribution in [2.75, 3.05) is 11.1 Å². The highest BCUT2D eigenvalue weighted by atomic mass is 16.4. The maximum absolute atomic E-state index is 5.52.